The Bertz CT molecular complexity index is 7580. The second-order valence-electron chi connectivity index (χ2n) is 37.7. The van der Waals surface area contributed by atoms with Gasteiger partial charge in [-0.25, -0.2) is 0 Å². The van der Waals surface area contributed by atoms with Crippen molar-refractivity contribution in [3.8, 4) is 167 Å². The van der Waals surface area contributed by atoms with E-state index in [1.807, 2.05) is 0 Å². The number of aromatic nitrogens is 3. The molecule has 636 valence electrons. The van der Waals surface area contributed by atoms with Crippen molar-refractivity contribution in [1.29, 1.82) is 0 Å². The first kappa shape index (κ1) is 79.8. The molecule has 0 unspecified atom stereocenters. The minimum atomic E-state index is -0.435. The molecular weight excluding hydrogens is 1820 g/mol. The first-order valence-corrected chi connectivity index (χ1v) is 47.5. The summed E-state index contributed by atoms with van der Waals surface area (Å²) in [5.74, 6) is 0.485. The smallest absolute Gasteiger partial charge is 0.304 e. The van der Waals surface area contributed by atoms with E-state index in [1.165, 1.54) is 184 Å². The van der Waals surface area contributed by atoms with Gasteiger partial charge in [0.2, 0.25) is 0 Å². The van der Waals surface area contributed by atoms with E-state index in [-0.39, 0.29) is 37.9 Å². The van der Waals surface area contributed by atoms with Crippen LogP contribution >= 0.6 is 0 Å². The van der Waals surface area contributed by atoms with Crippen molar-refractivity contribution in [3.05, 3.63) is 557 Å². The van der Waals surface area contributed by atoms with Gasteiger partial charge < -0.3 is 15.0 Å². The van der Waals surface area contributed by atoms with Crippen LogP contribution in [0, 0.1) is 18.2 Å². The molecule has 4 heteroatoms. The molecule has 0 atom stereocenters. The molecule has 3 heterocycles. The van der Waals surface area contributed by atoms with Crippen LogP contribution < -0.4 is 0 Å². The summed E-state index contributed by atoms with van der Waals surface area (Å²) in [6.45, 7) is 0. The Morgan fingerprint density at radius 2 is 0.390 bits per heavy atom. The van der Waals surface area contributed by atoms with Gasteiger partial charge in [-0.05, 0) is 254 Å². The summed E-state index contributed by atoms with van der Waals surface area (Å²) in [5.41, 5.74) is 53.6. The van der Waals surface area contributed by atoms with Crippen LogP contribution in [0.15, 0.2) is 455 Å². The predicted molar refractivity (Wildman–Crippen MR) is 549 cm³/mol. The Hall–Kier alpha value is -15.9. The maximum Gasteiger partial charge on any atom is 3.00 e. The fourth-order valence-corrected chi connectivity index (χ4v) is 26.1. The summed E-state index contributed by atoms with van der Waals surface area (Å²) >= 11 is 0. The van der Waals surface area contributed by atoms with E-state index >= 15 is 0 Å². The molecular formula is C132H84IrN3. The molecule has 7 aliphatic carbocycles. The summed E-state index contributed by atoms with van der Waals surface area (Å²) in [6.07, 6.45) is 9.15. The molecule has 7 aliphatic rings. The SMILES string of the molecule is [Ir+3].[c-]1ccc(-c2cccc3c2-c2ccccc2C32c3ccccc3-c3ccccc32)cc1-c1ccc(-c2ccccc2C2CC(c3ccccc3-c3ccc(-c4[c-]ccc(-c5cccc6c5-c5ccccc5C65c6ccccc6-c6ccccc65)c4)nc3)CC(c3ccccc3-c3ccc(-c4[c-]ccc(-c5cccc6c5-c5ccccc5C65c6ccccc6-c6ccccc65)c4)nc3)C2)cn1. The fraction of sp³-hybridized carbons (Fsp3) is 0.0682. The summed E-state index contributed by atoms with van der Waals surface area (Å²) in [5, 5.41) is 0. The molecule has 3 aromatic heterocycles. The molecule has 28 rings (SSSR count). The third kappa shape index (κ3) is 11.6. The standard InChI is InChI=1S/C132H84N3.Ir/c1-4-40-97(94(37-1)88-67-70-124(133-79-88)85-34-25-31-82(73-85)100-52-28-64-121-127(100)109-49-13-22-61-118(109)130(121)112-55-16-7-43-103(112)104-44-8-17-56-113(104)130)91-76-92(98-41-5-2-38-95(98)89-68-71-125(134-80-89)86-35-26-32-83(74-86)101-53-29-65-122-128(101)110-50-14-23-62-119(110)131(122)114-57-18-9-45-105(114)106-46-10-19-58-115(106)131)78-93(77-91)99-42-6-3-39-96(99)90-69-72-126(135-81-90)87-36-27-33-84(75-87)102-54-30-66-123-129(102)111-51-15-24-63-120(111)132(123)116-59-20-11-47-107(116)108-48-12-21-60-117(108)132;/h1-33,37-75,79-81,91-93H,76-78H2;/q-3;+3. The number of pyridine rings is 3. The number of fused-ring (bicyclic) bond motifs is 30. The average Bonchev–Trinajstić information content (AvgIpc) is 1.52. The quantitative estimate of drug-likeness (QED) is 0.114. The van der Waals surface area contributed by atoms with Gasteiger partial charge in [0.05, 0.1) is 16.2 Å². The maximum atomic E-state index is 5.41. The monoisotopic (exact) mass is 1900 g/mol. The summed E-state index contributed by atoms with van der Waals surface area (Å²) in [4.78, 5) is 16.2. The number of rotatable bonds is 12. The van der Waals surface area contributed by atoms with E-state index in [2.05, 4.69) is 474 Å². The van der Waals surface area contributed by atoms with E-state index in [4.69, 9.17) is 15.0 Å². The van der Waals surface area contributed by atoms with Crippen LogP contribution in [0.3, 0.4) is 0 Å². The topological polar surface area (TPSA) is 38.7 Å². The van der Waals surface area contributed by atoms with Gasteiger partial charge in [-0.1, -0.05) is 382 Å². The zero-order valence-electron chi connectivity index (χ0n) is 74.3. The molecule has 0 N–H and O–H groups in total. The molecule has 1 saturated carbocycles. The van der Waals surface area contributed by atoms with Crippen LogP contribution in [0.25, 0.3) is 167 Å². The van der Waals surface area contributed by atoms with E-state index in [0.29, 0.717) is 0 Å². The molecule has 136 heavy (non-hydrogen) atoms. The van der Waals surface area contributed by atoms with Crippen LogP contribution in [0.1, 0.15) is 120 Å². The van der Waals surface area contributed by atoms with Crippen molar-refractivity contribution in [3.63, 3.8) is 0 Å². The Kier molecular flexibility index (Phi) is 18.4. The van der Waals surface area contributed by atoms with E-state index in [1.54, 1.807) is 0 Å². The molecule has 0 saturated heterocycles. The van der Waals surface area contributed by atoms with E-state index < -0.39 is 16.2 Å². The van der Waals surface area contributed by atoms with Gasteiger partial charge in [-0.3, -0.25) is 0 Å². The van der Waals surface area contributed by atoms with Crippen molar-refractivity contribution in [2.45, 2.75) is 53.3 Å². The van der Waals surface area contributed by atoms with Gasteiger partial charge in [0, 0.05) is 18.6 Å². The minimum absolute atomic E-state index is 0. The molecule has 18 aromatic carbocycles. The van der Waals surface area contributed by atoms with Crippen molar-refractivity contribution in [2.75, 3.05) is 0 Å². The van der Waals surface area contributed by atoms with Gasteiger partial charge in [0.25, 0.3) is 0 Å². The average molecular weight is 1900 g/mol. The van der Waals surface area contributed by atoms with Crippen molar-refractivity contribution in [2.24, 2.45) is 0 Å². The van der Waals surface area contributed by atoms with Crippen LogP contribution in [0.2, 0.25) is 0 Å². The zero-order valence-corrected chi connectivity index (χ0v) is 76.7. The molecule has 0 radical (unpaired) electrons. The first-order valence-electron chi connectivity index (χ1n) is 47.5. The fourth-order valence-electron chi connectivity index (χ4n) is 26.1. The van der Waals surface area contributed by atoms with Crippen molar-refractivity contribution in [1.82, 2.24) is 15.0 Å². The largest absolute Gasteiger partial charge is 3.00 e. The first-order chi connectivity index (χ1) is 67.0. The molecule has 21 aromatic rings. The van der Waals surface area contributed by atoms with Crippen molar-refractivity contribution >= 4 is 0 Å². The predicted octanol–water partition coefficient (Wildman–Crippen LogP) is 32.1. The van der Waals surface area contributed by atoms with Gasteiger partial charge in [0.15, 0.2) is 0 Å². The van der Waals surface area contributed by atoms with Crippen molar-refractivity contribution < 1.29 is 20.1 Å². The molecule has 1 fully saturated rings. The molecule has 0 amide bonds. The number of hydrogen-bond donors (Lipinski definition) is 0. The third-order valence-corrected chi connectivity index (χ3v) is 31.4. The number of hydrogen-bond acceptors (Lipinski definition) is 3. The molecule has 3 nitrogen and oxygen atoms in total. The molecule has 0 aliphatic heterocycles. The Morgan fingerprint density at radius 3 is 0.632 bits per heavy atom. The Balaban J connectivity index is 0.00000937. The molecule has 3 spiro atoms. The second-order valence-corrected chi connectivity index (χ2v) is 37.7. The maximum absolute atomic E-state index is 5.41. The van der Waals surface area contributed by atoms with Crippen LogP contribution in [-0.4, -0.2) is 15.0 Å². The minimum Gasteiger partial charge on any atom is -0.304 e. The normalized spacial score (nSPS) is 15.8. The Morgan fingerprint density at radius 1 is 0.184 bits per heavy atom. The second kappa shape index (κ2) is 31.4. The summed E-state index contributed by atoms with van der Waals surface area (Å²) in [6, 6.07) is 174. The van der Waals surface area contributed by atoms with Crippen LogP contribution in [0.4, 0.5) is 0 Å². The zero-order chi connectivity index (χ0) is 88.6. The number of benzene rings is 18. The van der Waals surface area contributed by atoms with Gasteiger partial charge in [-0.2, -0.15) is 0 Å². The van der Waals surface area contributed by atoms with Gasteiger partial charge >= 0.3 is 20.1 Å². The Labute approximate surface area is 806 Å². The third-order valence-electron chi connectivity index (χ3n) is 31.4. The van der Waals surface area contributed by atoms with Crippen LogP contribution in [0.5, 0.6) is 0 Å². The summed E-state index contributed by atoms with van der Waals surface area (Å²) in [7, 11) is 0. The number of nitrogens with zero attached hydrogens (tertiary/aromatic N) is 3. The van der Waals surface area contributed by atoms with Gasteiger partial charge in [0.1, 0.15) is 0 Å². The van der Waals surface area contributed by atoms with Gasteiger partial charge in [-0.15, -0.1) is 106 Å². The van der Waals surface area contributed by atoms with E-state index in [0.717, 1.165) is 86.4 Å². The molecule has 0 bridgehead atoms. The van der Waals surface area contributed by atoms with Crippen LogP contribution in [-0.2, 0) is 36.4 Å². The summed E-state index contributed by atoms with van der Waals surface area (Å²) < 4.78 is 0. The van der Waals surface area contributed by atoms with E-state index in [9.17, 15) is 0 Å².